The summed E-state index contributed by atoms with van der Waals surface area (Å²) < 4.78 is 46.6. The van der Waals surface area contributed by atoms with Crippen LogP contribution in [-0.4, -0.2) is 29.8 Å². The van der Waals surface area contributed by atoms with Crippen molar-refractivity contribution in [3.63, 3.8) is 0 Å². The molecule has 0 aliphatic heterocycles. The summed E-state index contributed by atoms with van der Waals surface area (Å²) in [5.74, 6) is -4.03. The second kappa shape index (κ2) is 6.91. The number of halogens is 4. The van der Waals surface area contributed by atoms with Crippen molar-refractivity contribution in [2.75, 3.05) is 11.9 Å². The smallest absolute Gasteiger partial charge is 0.462 e. The molecule has 2 aromatic rings. The van der Waals surface area contributed by atoms with Gasteiger partial charge in [0.25, 0.3) is 0 Å². The third-order valence-corrected chi connectivity index (χ3v) is 3.03. The second-order valence-corrected chi connectivity index (χ2v) is 4.85. The molecular formula is C14H10ClF3N2O4. The highest BCUT2D eigenvalue weighted by Crippen LogP contribution is 2.31. The van der Waals surface area contributed by atoms with Crippen LogP contribution in [0.2, 0.25) is 5.02 Å². The van der Waals surface area contributed by atoms with Crippen LogP contribution in [0.3, 0.4) is 0 Å². The van der Waals surface area contributed by atoms with Gasteiger partial charge in [0.05, 0.1) is 6.61 Å². The van der Waals surface area contributed by atoms with E-state index in [4.69, 9.17) is 20.9 Å². The molecule has 0 saturated heterocycles. The lowest BCUT2D eigenvalue weighted by atomic mass is 10.1. The lowest BCUT2D eigenvalue weighted by Gasteiger charge is -2.07. The van der Waals surface area contributed by atoms with E-state index in [-0.39, 0.29) is 12.3 Å². The van der Waals surface area contributed by atoms with Gasteiger partial charge in [0.15, 0.2) is 5.56 Å². The van der Waals surface area contributed by atoms with Crippen molar-refractivity contribution in [3.8, 4) is 11.3 Å². The van der Waals surface area contributed by atoms with Gasteiger partial charge < -0.3 is 9.26 Å². The zero-order chi connectivity index (χ0) is 17.9. The molecule has 0 bridgehead atoms. The molecule has 128 valence electrons. The number of alkyl halides is 3. The first kappa shape index (κ1) is 17.8. The highest BCUT2D eigenvalue weighted by molar-refractivity contribution is 6.30. The predicted molar refractivity (Wildman–Crippen MR) is 77.6 cm³/mol. The van der Waals surface area contributed by atoms with Gasteiger partial charge in [-0.15, -0.1) is 0 Å². The molecule has 0 atom stereocenters. The molecule has 1 amide bonds. The summed E-state index contributed by atoms with van der Waals surface area (Å²) in [5, 5.41) is 5.43. The van der Waals surface area contributed by atoms with E-state index in [9.17, 15) is 22.8 Å². The maximum atomic E-state index is 12.4. The number of esters is 1. The molecule has 0 aliphatic rings. The van der Waals surface area contributed by atoms with Crippen LogP contribution in [-0.2, 0) is 9.53 Å². The normalized spacial score (nSPS) is 11.2. The first-order valence-electron chi connectivity index (χ1n) is 6.55. The highest BCUT2D eigenvalue weighted by Gasteiger charge is 2.40. The zero-order valence-electron chi connectivity index (χ0n) is 12.1. The van der Waals surface area contributed by atoms with E-state index < -0.39 is 29.5 Å². The van der Waals surface area contributed by atoms with E-state index in [1.165, 1.54) is 36.5 Å². The van der Waals surface area contributed by atoms with Crippen LogP contribution in [0.4, 0.5) is 19.1 Å². The van der Waals surface area contributed by atoms with Crippen LogP contribution < -0.4 is 5.32 Å². The standard InChI is InChI=1S/C14H10ClF3N2O4/c1-2-23-12(21)9-10(7-3-5-8(15)6-4-7)20-24-11(9)19-13(22)14(16,17)18/h3-6H,2H2,1H3,(H,19,22). The maximum Gasteiger partial charge on any atom is 0.471 e. The van der Waals surface area contributed by atoms with Crippen LogP contribution in [0, 0.1) is 0 Å². The molecule has 1 N–H and O–H groups in total. The average molecular weight is 363 g/mol. The maximum absolute atomic E-state index is 12.4. The van der Waals surface area contributed by atoms with Crippen molar-refractivity contribution in [2.45, 2.75) is 13.1 Å². The van der Waals surface area contributed by atoms with E-state index in [1.807, 2.05) is 0 Å². The van der Waals surface area contributed by atoms with E-state index >= 15 is 0 Å². The lowest BCUT2D eigenvalue weighted by Crippen LogP contribution is -2.30. The summed E-state index contributed by atoms with van der Waals surface area (Å²) in [5.41, 5.74) is -0.155. The average Bonchev–Trinajstić information content (AvgIpc) is 2.91. The number of hydrogen-bond acceptors (Lipinski definition) is 5. The number of anilines is 1. The van der Waals surface area contributed by atoms with Gasteiger partial charge in [-0.3, -0.25) is 10.1 Å². The van der Waals surface area contributed by atoms with Gasteiger partial charge >= 0.3 is 18.1 Å². The molecule has 1 heterocycles. The monoisotopic (exact) mass is 362 g/mol. The molecule has 24 heavy (non-hydrogen) atoms. The summed E-state index contributed by atoms with van der Waals surface area (Å²) in [7, 11) is 0. The Kier molecular flexibility index (Phi) is 5.13. The molecular weight excluding hydrogens is 353 g/mol. The minimum atomic E-state index is -5.15. The molecule has 0 aliphatic carbocycles. The molecule has 1 aromatic carbocycles. The molecule has 0 fully saturated rings. The van der Waals surface area contributed by atoms with Crippen LogP contribution in [0.15, 0.2) is 28.8 Å². The lowest BCUT2D eigenvalue weighted by molar-refractivity contribution is -0.167. The Morgan fingerprint density at radius 1 is 1.29 bits per heavy atom. The number of nitrogens with zero attached hydrogens (tertiary/aromatic N) is 1. The van der Waals surface area contributed by atoms with Crippen molar-refractivity contribution in [1.82, 2.24) is 5.16 Å². The topological polar surface area (TPSA) is 81.4 Å². The minimum absolute atomic E-state index is 0.0310. The Bertz CT molecular complexity index is 756. The summed E-state index contributed by atoms with van der Waals surface area (Å²) >= 11 is 5.76. The second-order valence-electron chi connectivity index (χ2n) is 4.41. The van der Waals surface area contributed by atoms with Crippen LogP contribution in [0.1, 0.15) is 17.3 Å². The van der Waals surface area contributed by atoms with Crippen LogP contribution in [0.5, 0.6) is 0 Å². The van der Waals surface area contributed by atoms with E-state index in [0.29, 0.717) is 10.6 Å². The zero-order valence-corrected chi connectivity index (χ0v) is 12.9. The van der Waals surface area contributed by atoms with E-state index in [2.05, 4.69) is 5.16 Å². The van der Waals surface area contributed by atoms with Gasteiger partial charge in [0, 0.05) is 10.6 Å². The Morgan fingerprint density at radius 2 is 1.92 bits per heavy atom. The molecule has 0 saturated carbocycles. The van der Waals surface area contributed by atoms with Crippen LogP contribution >= 0.6 is 11.6 Å². The van der Waals surface area contributed by atoms with E-state index in [0.717, 1.165) is 0 Å². The largest absolute Gasteiger partial charge is 0.471 e. The summed E-state index contributed by atoms with van der Waals surface area (Å²) in [6.45, 7) is 1.48. The third-order valence-electron chi connectivity index (χ3n) is 2.77. The van der Waals surface area contributed by atoms with Crippen molar-refractivity contribution < 1.29 is 32.0 Å². The van der Waals surface area contributed by atoms with Crippen LogP contribution in [0.25, 0.3) is 11.3 Å². The summed E-state index contributed by atoms with van der Waals surface area (Å²) in [6, 6.07) is 5.96. The molecule has 2 rings (SSSR count). The SMILES string of the molecule is CCOC(=O)c1c(-c2ccc(Cl)cc2)noc1NC(=O)C(F)(F)F. The Morgan fingerprint density at radius 3 is 2.46 bits per heavy atom. The fourth-order valence-corrected chi connectivity index (χ4v) is 1.87. The van der Waals surface area contributed by atoms with Gasteiger partial charge in [-0.1, -0.05) is 28.9 Å². The van der Waals surface area contributed by atoms with E-state index in [1.54, 1.807) is 0 Å². The number of benzene rings is 1. The number of hydrogen-bond donors (Lipinski definition) is 1. The number of rotatable bonds is 4. The van der Waals surface area contributed by atoms with Gasteiger partial charge in [-0.25, -0.2) is 4.79 Å². The van der Waals surface area contributed by atoms with Gasteiger partial charge in [-0.2, -0.15) is 13.2 Å². The fraction of sp³-hybridized carbons (Fsp3) is 0.214. The molecule has 0 unspecified atom stereocenters. The summed E-state index contributed by atoms with van der Waals surface area (Å²) in [6.07, 6.45) is -5.15. The minimum Gasteiger partial charge on any atom is -0.462 e. The number of aromatic nitrogens is 1. The molecule has 0 spiro atoms. The first-order valence-corrected chi connectivity index (χ1v) is 6.92. The van der Waals surface area contributed by atoms with Gasteiger partial charge in [0.2, 0.25) is 5.88 Å². The Labute approximate surface area is 138 Å². The molecule has 1 aromatic heterocycles. The first-order chi connectivity index (χ1) is 11.2. The van der Waals surface area contributed by atoms with Crippen molar-refractivity contribution in [2.24, 2.45) is 0 Å². The van der Waals surface area contributed by atoms with Crippen molar-refractivity contribution in [3.05, 3.63) is 34.9 Å². The number of carbonyl (C=O) groups excluding carboxylic acids is 2. The molecule has 6 nitrogen and oxygen atoms in total. The highest BCUT2D eigenvalue weighted by atomic mass is 35.5. The molecule has 10 heteroatoms. The third kappa shape index (κ3) is 3.85. The Balaban J connectivity index is 2.47. The number of nitrogens with one attached hydrogen (secondary N) is 1. The van der Waals surface area contributed by atoms with Gasteiger partial charge in [0.1, 0.15) is 5.69 Å². The van der Waals surface area contributed by atoms with Gasteiger partial charge in [-0.05, 0) is 19.1 Å². The molecule has 0 radical (unpaired) electrons. The van der Waals surface area contributed by atoms with Crippen molar-refractivity contribution >= 4 is 29.4 Å². The summed E-state index contributed by atoms with van der Waals surface area (Å²) in [4.78, 5) is 23.1. The predicted octanol–water partition coefficient (Wildman–Crippen LogP) is 3.67. The number of ether oxygens (including phenoxy) is 1. The fourth-order valence-electron chi connectivity index (χ4n) is 1.75. The van der Waals surface area contributed by atoms with Crippen molar-refractivity contribution in [1.29, 1.82) is 0 Å². The quantitative estimate of drug-likeness (QED) is 0.839. The number of amides is 1. The number of carbonyl (C=O) groups is 2. The Hall–Kier alpha value is -2.55.